The Morgan fingerprint density at radius 3 is 2.84 bits per heavy atom. The molecule has 3 aromatic rings. The Morgan fingerprint density at radius 1 is 1.20 bits per heavy atom. The monoisotopic (exact) mass is 354 g/mol. The Morgan fingerprint density at radius 2 is 2.04 bits per heavy atom. The SMILES string of the molecule is CCOc1ccccc1NC(=O)Cc1csc(Nc2ccccn2)n1. The van der Waals surface area contributed by atoms with Gasteiger partial charge < -0.3 is 15.4 Å². The normalized spacial score (nSPS) is 10.3. The minimum Gasteiger partial charge on any atom is -0.492 e. The highest BCUT2D eigenvalue weighted by atomic mass is 32.1. The first kappa shape index (κ1) is 16.9. The van der Waals surface area contributed by atoms with Crippen LogP contribution in [-0.2, 0) is 11.2 Å². The second-order valence-corrected chi connectivity index (χ2v) is 6.00. The average molecular weight is 354 g/mol. The summed E-state index contributed by atoms with van der Waals surface area (Å²) in [4.78, 5) is 20.9. The number of hydrogen-bond acceptors (Lipinski definition) is 6. The van der Waals surface area contributed by atoms with Gasteiger partial charge in [0.15, 0.2) is 5.13 Å². The molecule has 0 unspecified atom stereocenters. The van der Waals surface area contributed by atoms with Gasteiger partial charge in [0.25, 0.3) is 0 Å². The number of para-hydroxylation sites is 2. The van der Waals surface area contributed by atoms with E-state index in [4.69, 9.17) is 4.74 Å². The van der Waals surface area contributed by atoms with E-state index in [2.05, 4.69) is 20.6 Å². The number of rotatable bonds is 7. The van der Waals surface area contributed by atoms with Crippen LogP contribution in [0.2, 0.25) is 0 Å². The van der Waals surface area contributed by atoms with E-state index < -0.39 is 0 Å². The van der Waals surface area contributed by atoms with E-state index >= 15 is 0 Å². The number of amides is 1. The largest absolute Gasteiger partial charge is 0.492 e. The molecule has 0 aliphatic rings. The average Bonchev–Trinajstić information content (AvgIpc) is 3.04. The van der Waals surface area contributed by atoms with Gasteiger partial charge in [-0.25, -0.2) is 9.97 Å². The van der Waals surface area contributed by atoms with Gasteiger partial charge in [-0.15, -0.1) is 11.3 Å². The molecule has 2 N–H and O–H groups in total. The molecule has 3 rings (SSSR count). The van der Waals surface area contributed by atoms with Gasteiger partial charge in [0.2, 0.25) is 5.91 Å². The van der Waals surface area contributed by atoms with Crippen molar-refractivity contribution in [2.75, 3.05) is 17.2 Å². The highest BCUT2D eigenvalue weighted by Crippen LogP contribution is 2.24. The summed E-state index contributed by atoms with van der Waals surface area (Å²) in [6, 6.07) is 13.0. The van der Waals surface area contributed by atoms with Crippen molar-refractivity contribution >= 4 is 33.9 Å². The van der Waals surface area contributed by atoms with Crippen molar-refractivity contribution in [1.82, 2.24) is 9.97 Å². The maximum atomic E-state index is 12.3. The molecular formula is C18H18N4O2S. The minimum atomic E-state index is -0.137. The third-order valence-electron chi connectivity index (χ3n) is 3.25. The predicted octanol–water partition coefficient (Wildman–Crippen LogP) is 3.86. The number of pyridine rings is 1. The molecule has 2 heterocycles. The number of aromatic nitrogens is 2. The van der Waals surface area contributed by atoms with Crippen molar-refractivity contribution in [3.8, 4) is 5.75 Å². The van der Waals surface area contributed by atoms with Crippen LogP contribution in [0.3, 0.4) is 0 Å². The first-order valence-corrected chi connectivity index (χ1v) is 8.76. The zero-order chi connectivity index (χ0) is 17.5. The number of carbonyl (C=O) groups is 1. The number of carbonyl (C=O) groups excluding carboxylic acids is 1. The van der Waals surface area contributed by atoms with Crippen LogP contribution in [0.1, 0.15) is 12.6 Å². The minimum absolute atomic E-state index is 0.137. The molecule has 1 aromatic carbocycles. The van der Waals surface area contributed by atoms with Gasteiger partial charge >= 0.3 is 0 Å². The van der Waals surface area contributed by atoms with Crippen molar-refractivity contribution in [1.29, 1.82) is 0 Å². The molecule has 0 bridgehead atoms. The van der Waals surface area contributed by atoms with Crippen LogP contribution in [0.15, 0.2) is 54.0 Å². The lowest BCUT2D eigenvalue weighted by Crippen LogP contribution is -2.15. The van der Waals surface area contributed by atoms with Gasteiger partial charge in [-0.2, -0.15) is 0 Å². The first-order valence-electron chi connectivity index (χ1n) is 7.88. The second kappa shape index (κ2) is 8.25. The lowest BCUT2D eigenvalue weighted by molar-refractivity contribution is -0.115. The van der Waals surface area contributed by atoms with Crippen LogP contribution in [0, 0.1) is 0 Å². The number of ether oxygens (including phenoxy) is 1. The molecule has 0 aliphatic heterocycles. The van der Waals surface area contributed by atoms with E-state index in [1.807, 2.05) is 54.8 Å². The number of nitrogens with one attached hydrogen (secondary N) is 2. The summed E-state index contributed by atoms with van der Waals surface area (Å²) >= 11 is 1.44. The van der Waals surface area contributed by atoms with Crippen molar-refractivity contribution in [2.24, 2.45) is 0 Å². The zero-order valence-electron chi connectivity index (χ0n) is 13.7. The maximum absolute atomic E-state index is 12.3. The van der Waals surface area contributed by atoms with Gasteiger partial charge in [0.1, 0.15) is 11.6 Å². The fraction of sp³-hybridized carbons (Fsp3) is 0.167. The molecule has 0 fully saturated rings. The van der Waals surface area contributed by atoms with E-state index in [0.29, 0.717) is 28.9 Å². The van der Waals surface area contributed by atoms with Crippen molar-refractivity contribution < 1.29 is 9.53 Å². The summed E-state index contributed by atoms with van der Waals surface area (Å²) in [5.41, 5.74) is 1.37. The zero-order valence-corrected chi connectivity index (χ0v) is 14.5. The van der Waals surface area contributed by atoms with Crippen LogP contribution >= 0.6 is 11.3 Å². The number of thiazole rings is 1. The number of benzene rings is 1. The highest BCUT2D eigenvalue weighted by Gasteiger charge is 2.11. The third kappa shape index (κ3) is 4.77. The third-order valence-corrected chi connectivity index (χ3v) is 4.06. The van der Waals surface area contributed by atoms with Crippen LogP contribution in [0.25, 0.3) is 0 Å². The second-order valence-electron chi connectivity index (χ2n) is 5.14. The lowest BCUT2D eigenvalue weighted by atomic mass is 10.2. The van der Waals surface area contributed by atoms with Gasteiger partial charge in [-0.05, 0) is 31.2 Å². The topological polar surface area (TPSA) is 76.1 Å². The van der Waals surface area contributed by atoms with Crippen LogP contribution < -0.4 is 15.4 Å². The Balaban J connectivity index is 1.60. The number of hydrogen-bond donors (Lipinski definition) is 2. The molecule has 0 spiro atoms. The van der Waals surface area contributed by atoms with Gasteiger partial charge in [0.05, 0.1) is 24.4 Å². The Bertz CT molecular complexity index is 836. The molecule has 0 radical (unpaired) electrons. The predicted molar refractivity (Wildman–Crippen MR) is 99.6 cm³/mol. The van der Waals surface area contributed by atoms with Crippen molar-refractivity contribution in [3.05, 3.63) is 59.7 Å². The smallest absolute Gasteiger partial charge is 0.230 e. The van der Waals surface area contributed by atoms with Crippen LogP contribution in [-0.4, -0.2) is 22.5 Å². The summed E-state index contributed by atoms with van der Waals surface area (Å²) in [5.74, 6) is 1.24. The van der Waals surface area contributed by atoms with E-state index in [9.17, 15) is 4.79 Å². The molecule has 6 nitrogen and oxygen atoms in total. The molecule has 1 amide bonds. The molecular weight excluding hydrogens is 336 g/mol. The standard InChI is InChI=1S/C18H18N4O2S/c1-2-24-15-8-4-3-7-14(15)21-17(23)11-13-12-25-18(20-13)22-16-9-5-6-10-19-16/h3-10,12H,2,11H2,1H3,(H,21,23)(H,19,20,22). The summed E-state index contributed by atoms with van der Waals surface area (Å²) < 4.78 is 5.51. The van der Waals surface area contributed by atoms with Crippen molar-refractivity contribution in [2.45, 2.75) is 13.3 Å². The highest BCUT2D eigenvalue weighted by molar-refractivity contribution is 7.13. The fourth-order valence-electron chi connectivity index (χ4n) is 2.20. The molecule has 0 saturated carbocycles. The quantitative estimate of drug-likeness (QED) is 0.674. The first-order chi connectivity index (χ1) is 12.2. The molecule has 0 aliphatic carbocycles. The number of anilines is 3. The molecule has 7 heteroatoms. The number of nitrogens with zero attached hydrogens (tertiary/aromatic N) is 2. The van der Waals surface area contributed by atoms with E-state index in [-0.39, 0.29) is 12.3 Å². The lowest BCUT2D eigenvalue weighted by Gasteiger charge is -2.10. The van der Waals surface area contributed by atoms with Crippen LogP contribution in [0.4, 0.5) is 16.6 Å². The van der Waals surface area contributed by atoms with Crippen molar-refractivity contribution in [3.63, 3.8) is 0 Å². The van der Waals surface area contributed by atoms with E-state index in [0.717, 1.165) is 5.82 Å². The Kier molecular flexibility index (Phi) is 5.58. The van der Waals surface area contributed by atoms with Crippen LogP contribution in [0.5, 0.6) is 5.75 Å². The fourth-order valence-corrected chi connectivity index (χ4v) is 2.92. The maximum Gasteiger partial charge on any atom is 0.230 e. The molecule has 0 atom stereocenters. The van der Waals surface area contributed by atoms with Gasteiger partial charge in [-0.3, -0.25) is 4.79 Å². The molecule has 0 saturated heterocycles. The summed E-state index contributed by atoms with van der Waals surface area (Å²) in [6.07, 6.45) is 1.90. The Labute approximate surface area is 149 Å². The summed E-state index contributed by atoms with van der Waals surface area (Å²) in [7, 11) is 0. The van der Waals surface area contributed by atoms with E-state index in [1.165, 1.54) is 11.3 Å². The van der Waals surface area contributed by atoms with E-state index in [1.54, 1.807) is 6.20 Å². The Hall–Kier alpha value is -2.93. The summed E-state index contributed by atoms with van der Waals surface area (Å²) in [6.45, 7) is 2.45. The van der Waals surface area contributed by atoms with Gasteiger partial charge in [0, 0.05) is 11.6 Å². The summed E-state index contributed by atoms with van der Waals surface area (Å²) in [5, 5.41) is 8.55. The molecule has 128 valence electrons. The molecule has 2 aromatic heterocycles. The molecule has 25 heavy (non-hydrogen) atoms. The van der Waals surface area contributed by atoms with Gasteiger partial charge in [-0.1, -0.05) is 18.2 Å².